The maximum Gasteiger partial charge on any atom is 0.258 e. The molecule has 0 aromatic heterocycles. The van der Waals surface area contributed by atoms with Crippen molar-refractivity contribution in [3.05, 3.63) is 94.8 Å². The fraction of sp³-hybridized carbons (Fsp3) is 0.333. The van der Waals surface area contributed by atoms with Gasteiger partial charge in [0.05, 0.1) is 17.0 Å². The molecule has 2 aliphatic rings. The van der Waals surface area contributed by atoms with Crippen LogP contribution in [0.1, 0.15) is 60.8 Å². The van der Waals surface area contributed by atoms with E-state index in [0.29, 0.717) is 41.4 Å². The monoisotopic (exact) mass is 540 g/mol. The molecule has 1 aliphatic heterocycles. The first-order chi connectivity index (χ1) is 19.4. The molecule has 0 spiro atoms. The summed E-state index contributed by atoms with van der Waals surface area (Å²) in [5, 5.41) is 9.37. The van der Waals surface area contributed by atoms with E-state index in [2.05, 4.69) is 33.0 Å². The van der Waals surface area contributed by atoms with Gasteiger partial charge < -0.3 is 20.9 Å². The maximum atomic E-state index is 13.9. The van der Waals surface area contributed by atoms with Crippen molar-refractivity contribution in [2.24, 2.45) is 5.92 Å². The standard InChI is InChI=1S/C33H37FN4O2/c1-38(2)21-23-11-14-27(15-12-23)36-32(31-28-16-13-26(34)19-29(28)37-33(31)40)25-10-6-9-24(17-25)20-35-30(39)18-22-7-4-3-5-8-22/h6,9-17,19,22,36H,3-5,7-8,18,20-21H2,1-2H3,(H,35,39)(H,37,40). The number of carbonyl (C=O) groups excluding carboxylic acids is 2. The van der Waals surface area contributed by atoms with Gasteiger partial charge in [-0.2, -0.15) is 0 Å². The SMILES string of the molecule is CN(C)Cc1ccc(NC(=C2C(=O)Nc3cc(F)ccc32)c2cccc(CNC(=O)CC3CCCCC3)c2)cc1. The first kappa shape index (κ1) is 27.6. The first-order valence-electron chi connectivity index (χ1n) is 14.1. The van der Waals surface area contributed by atoms with Gasteiger partial charge in [-0.15, -0.1) is 0 Å². The average molecular weight is 541 g/mol. The normalized spacial score (nSPS) is 16.4. The Labute approximate surface area is 235 Å². The van der Waals surface area contributed by atoms with Crippen LogP contribution in [0, 0.1) is 11.7 Å². The van der Waals surface area contributed by atoms with Crippen LogP contribution in [-0.4, -0.2) is 30.8 Å². The smallest absolute Gasteiger partial charge is 0.258 e. The van der Waals surface area contributed by atoms with Crippen molar-refractivity contribution < 1.29 is 14.0 Å². The Morgan fingerprint density at radius 3 is 2.50 bits per heavy atom. The van der Waals surface area contributed by atoms with Crippen molar-refractivity contribution in [1.29, 1.82) is 0 Å². The van der Waals surface area contributed by atoms with Crippen molar-refractivity contribution >= 4 is 34.5 Å². The first-order valence-corrected chi connectivity index (χ1v) is 14.1. The van der Waals surface area contributed by atoms with Gasteiger partial charge in [-0.05, 0) is 85.9 Å². The summed E-state index contributed by atoms with van der Waals surface area (Å²) in [4.78, 5) is 28.0. The molecule has 0 radical (unpaired) electrons. The molecule has 1 aliphatic carbocycles. The molecule has 7 heteroatoms. The highest BCUT2D eigenvalue weighted by atomic mass is 19.1. The largest absolute Gasteiger partial charge is 0.354 e. The summed E-state index contributed by atoms with van der Waals surface area (Å²) in [6.45, 7) is 1.24. The zero-order valence-corrected chi connectivity index (χ0v) is 23.2. The highest BCUT2D eigenvalue weighted by molar-refractivity contribution is 6.37. The molecule has 40 heavy (non-hydrogen) atoms. The number of anilines is 2. The lowest BCUT2D eigenvalue weighted by Gasteiger charge is -2.21. The second-order valence-corrected chi connectivity index (χ2v) is 11.1. The van der Waals surface area contributed by atoms with E-state index in [4.69, 9.17) is 0 Å². The van der Waals surface area contributed by atoms with Crippen LogP contribution in [0.25, 0.3) is 11.3 Å². The Kier molecular flexibility index (Phi) is 8.60. The third-order valence-corrected chi connectivity index (χ3v) is 7.60. The number of hydrogen-bond acceptors (Lipinski definition) is 4. The number of amides is 2. The summed E-state index contributed by atoms with van der Waals surface area (Å²) in [6, 6.07) is 20.3. The summed E-state index contributed by atoms with van der Waals surface area (Å²) in [5.41, 5.74) is 5.92. The topological polar surface area (TPSA) is 73.5 Å². The third-order valence-electron chi connectivity index (χ3n) is 7.60. The van der Waals surface area contributed by atoms with Crippen molar-refractivity contribution in [2.75, 3.05) is 24.7 Å². The quantitative estimate of drug-likeness (QED) is 0.275. The molecule has 2 amide bonds. The van der Waals surface area contributed by atoms with E-state index in [1.165, 1.54) is 37.0 Å². The molecule has 0 bridgehead atoms. The van der Waals surface area contributed by atoms with Crippen LogP contribution in [-0.2, 0) is 22.7 Å². The van der Waals surface area contributed by atoms with Crippen LogP contribution in [0.15, 0.2) is 66.7 Å². The zero-order valence-electron chi connectivity index (χ0n) is 23.2. The molecule has 3 N–H and O–H groups in total. The van der Waals surface area contributed by atoms with E-state index >= 15 is 0 Å². The fourth-order valence-corrected chi connectivity index (χ4v) is 5.64. The molecule has 3 aromatic rings. The van der Waals surface area contributed by atoms with Gasteiger partial charge in [-0.25, -0.2) is 4.39 Å². The Bertz CT molecular complexity index is 1410. The predicted octanol–water partition coefficient (Wildman–Crippen LogP) is 6.41. The van der Waals surface area contributed by atoms with Gasteiger partial charge in [0, 0.05) is 30.8 Å². The van der Waals surface area contributed by atoms with Crippen LogP contribution in [0.2, 0.25) is 0 Å². The van der Waals surface area contributed by atoms with E-state index in [9.17, 15) is 14.0 Å². The fourth-order valence-electron chi connectivity index (χ4n) is 5.64. The Balaban J connectivity index is 1.43. The van der Waals surface area contributed by atoms with Gasteiger partial charge in [-0.1, -0.05) is 49.6 Å². The Morgan fingerprint density at radius 2 is 1.75 bits per heavy atom. The predicted molar refractivity (Wildman–Crippen MR) is 159 cm³/mol. The van der Waals surface area contributed by atoms with Gasteiger partial charge in [0.1, 0.15) is 5.82 Å². The summed E-state index contributed by atoms with van der Waals surface area (Å²) in [6.07, 6.45) is 6.55. The molecule has 1 saturated carbocycles. The van der Waals surface area contributed by atoms with Crippen molar-refractivity contribution in [1.82, 2.24) is 10.2 Å². The minimum atomic E-state index is -0.405. The molecule has 1 fully saturated rings. The molecule has 5 rings (SSSR count). The highest BCUT2D eigenvalue weighted by Crippen LogP contribution is 2.38. The van der Waals surface area contributed by atoms with E-state index in [1.807, 2.05) is 50.5 Å². The molecular weight excluding hydrogens is 503 g/mol. The van der Waals surface area contributed by atoms with Crippen molar-refractivity contribution in [2.45, 2.75) is 51.6 Å². The summed E-state index contributed by atoms with van der Waals surface area (Å²) < 4.78 is 13.9. The van der Waals surface area contributed by atoms with Crippen LogP contribution in [0.5, 0.6) is 0 Å². The number of hydrogen-bond donors (Lipinski definition) is 3. The van der Waals surface area contributed by atoms with Gasteiger partial charge in [-0.3, -0.25) is 9.59 Å². The van der Waals surface area contributed by atoms with E-state index in [0.717, 1.165) is 36.2 Å². The molecular formula is C33H37FN4O2. The van der Waals surface area contributed by atoms with Gasteiger partial charge in [0.25, 0.3) is 5.91 Å². The van der Waals surface area contributed by atoms with Crippen LogP contribution in [0.3, 0.4) is 0 Å². The molecule has 3 aromatic carbocycles. The Morgan fingerprint density at radius 1 is 0.975 bits per heavy atom. The molecule has 1 heterocycles. The maximum absolute atomic E-state index is 13.9. The number of fused-ring (bicyclic) bond motifs is 1. The number of halogens is 1. The van der Waals surface area contributed by atoms with E-state index in [1.54, 1.807) is 6.07 Å². The van der Waals surface area contributed by atoms with Crippen LogP contribution in [0.4, 0.5) is 15.8 Å². The highest BCUT2D eigenvalue weighted by Gasteiger charge is 2.29. The lowest BCUT2D eigenvalue weighted by atomic mass is 9.87. The van der Waals surface area contributed by atoms with E-state index in [-0.39, 0.29) is 11.8 Å². The third kappa shape index (κ3) is 6.77. The van der Waals surface area contributed by atoms with Crippen LogP contribution < -0.4 is 16.0 Å². The molecule has 0 saturated heterocycles. The number of carbonyl (C=O) groups is 2. The van der Waals surface area contributed by atoms with Gasteiger partial charge >= 0.3 is 0 Å². The molecule has 0 unspecified atom stereocenters. The number of rotatable bonds is 9. The lowest BCUT2D eigenvalue weighted by Crippen LogP contribution is -2.26. The number of benzene rings is 3. The minimum absolute atomic E-state index is 0.0814. The van der Waals surface area contributed by atoms with Gasteiger partial charge in [0.15, 0.2) is 0 Å². The van der Waals surface area contributed by atoms with Gasteiger partial charge in [0.2, 0.25) is 5.91 Å². The van der Waals surface area contributed by atoms with Crippen LogP contribution >= 0.6 is 0 Å². The van der Waals surface area contributed by atoms with Crippen molar-refractivity contribution in [3.8, 4) is 0 Å². The summed E-state index contributed by atoms with van der Waals surface area (Å²) in [7, 11) is 4.05. The number of nitrogens with one attached hydrogen (secondary N) is 3. The molecule has 208 valence electrons. The second kappa shape index (κ2) is 12.5. The number of nitrogens with zero attached hydrogens (tertiary/aromatic N) is 1. The minimum Gasteiger partial charge on any atom is -0.354 e. The Hall–Kier alpha value is -3.97. The molecule has 6 nitrogen and oxygen atoms in total. The lowest BCUT2D eigenvalue weighted by molar-refractivity contribution is -0.122. The zero-order chi connectivity index (χ0) is 28.1. The average Bonchev–Trinajstić information content (AvgIpc) is 3.26. The summed E-state index contributed by atoms with van der Waals surface area (Å²) >= 11 is 0. The molecule has 0 atom stereocenters. The van der Waals surface area contributed by atoms with E-state index < -0.39 is 5.82 Å². The van der Waals surface area contributed by atoms with Crippen molar-refractivity contribution in [3.63, 3.8) is 0 Å². The second-order valence-electron chi connectivity index (χ2n) is 11.1. The summed E-state index contributed by atoms with van der Waals surface area (Å²) in [5.74, 6) is -0.135.